The zero-order chi connectivity index (χ0) is 17.7. The van der Waals surface area contributed by atoms with E-state index in [1.165, 1.54) is 28.8 Å². The van der Waals surface area contributed by atoms with E-state index in [1.807, 2.05) is 0 Å². The maximum atomic E-state index is 4.54. The van der Waals surface area contributed by atoms with Crippen LogP contribution in [0.2, 0.25) is 0 Å². The average molecular weight is 451 g/mol. The van der Waals surface area contributed by atoms with Crippen molar-refractivity contribution in [3.05, 3.63) is 0 Å². The molecule has 0 rings (SSSR count). The molecule has 0 saturated carbocycles. The van der Waals surface area contributed by atoms with Gasteiger partial charge in [0.25, 0.3) is 0 Å². The molecule has 0 heterocycles. The third-order valence-electron chi connectivity index (χ3n) is 2.91. The number of hydrogen-bond acceptors (Lipinski definition) is 7. The Bertz CT molecular complexity index is 233. The van der Waals surface area contributed by atoms with Crippen molar-refractivity contribution in [2.75, 3.05) is 46.0 Å². The minimum Gasteiger partial charge on any atom is -0.175 e. The highest BCUT2D eigenvalue weighted by atomic mass is 32.2. The molecule has 0 N–H and O–H groups in total. The van der Waals surface area contributed by atoms with E-state index in [0.29, 0.717) is 21.2 Å². The van der Waals surface area contributed by atoms with Crippen LogP contribution >= 0.6 is 84.9 Å². The van der Waals surface area contributed by atoms with Crippen LogP contribution in [0.25, 0.3) is 0 Å². The lowest BCUT2D eigenvalue weighted by Gasteiger charge is -2.33. The summed E-state index contributed by atoms with van der Waals surface area (Å²) in [4.78, 5) is 0. The first-order valence-corrected chi connectivity index (χ1v) is 14.3. The second-order valence-electron chi connectivity index (χ2n) is 6.23. The number of hydrogen-bond donors (Lipinski definition) is 3. The first kappa shape index (κ1) is 25.4. The zero-order valence-electron chi connectivity index (χ0n) is 14.9. The molecule has 140 valence electrons. The Morgan fingerprint density at radius 1 is 0.652 bits per heavy atom. The first-order chi connectivity index (χ1) is 10.8. The van der Waals surface area contributed by atoms with Crippen LogP contribution in [0.3, 0.4) is 0 Å². The molecule has 0 aromatic heterocycles. The van der Waals surface area contributed by atoms with Crippen LogP contribution in [0.15, 0.2) is 0 Å². The van der Waals surface area contributed by atoms with Gasteiger partial charge in [-0.25, -0.2) is 0 Å². The van der Waals surface area contributed by atoms with E-state index in [9.17, 15) is 0 Å². The first-order valence-electron chi connectivity index (χ1n) is 8.16. The Balaban J connectivity index is 4.71. The van der Waals surface area contributed by atoms with E-state index in [-0.39, 0.29) is 0 Å². The van der Waals surface area contributed by atoms with Gasteiger partial charge in [0.15, 0.2) is 0 Å². The Morgan fingerprint density at radius 2 is 0.957 bits per heavy atom. The van der Waals surface area contributed by atoms with Crippen molar-refractivity contribution in [2.24, 2.45) is 5.41 Å². The quantitative estimate of drug-likeness (QED) is 0.266. The third-order valence-corrected chi connectivity index (χ3v) is 10.1. The minimum atomic E-state index is 0.411. The molecule has 0 bridgehead atoms. The van der Waals surface area contributed by atoms with E-state index in [2.05, 4.69) is 113 Å². The fourth-order valence-corrected chi connectivity index (χ4v) is 8.17. The molecule has 0 saturated heterocycles. The molecule has 0 aromatic carbocycles. The smallest absolute Gasteiger partial charge is 0.00791 e. The Hall–Kier alpha value is 2.45. The Kier molecular flexibility index (Phi) is 17.2. The van der Waals surface area contributed by atoms with Crippen LogP contribution in [-0.4, -0.2) is 61.8 Å². The molecule has 7 heteroatoms. The highest BCUT2D eigenvalue weighted by molar-refractivity contribution is 8.02. The molecule has 0 spiro atoms. The van der Waals surface area contributed by atoms with Gasteiger partial charge >= 0.3 is 0 Å². The van der Waals surface area contributed by atoms with Crippen molar-refractivity contribution in [3.63, 3.8) is 0 Å². The number of thioether (sulfide) groups is 4. The third kappa shape index (κ3) is 15.2. The van der Waals surface area contributed by atoms with Gasteiger partial charge in [-0.05, 0) is 5.75 Å². The molecular weight excluding hydrogens is 417 g/mol. The second kappa shape index (κ2) is 15.5. The van der Waals surface area contributed by atoms with Gasteiger partial charge in [-0.3, -0.25) is 0 Å². The largest absolute Gasteiger partial charge is 0.175 e. The normalized spacial score (nSPS) is 18.4. The fourth-order valence-electron chi connectivity index (χ4n) is 1.91. The Labute approximate surface area is 178 Å². The van der Waals surface area contributed by atoms with Crippen LogP contribution in [0.5, 0.6) is 0 Å². The lowest BCUT2D eigenvalue weighted by molar-refractivity contribution is 0.515. The summed E-state index contributed by atoms with van der Waals surface area (Å²) in [5.74, 6) is 9.62. The predicted molar refractivity (Wildman–Crippen MR) is 133 cm³/mol. The van der Waals surface area contributed by atoms with Gasteiger partial charge in [0.05, 0.1) is 0 Å². The van der Waals surface area contributed by atoms with Gasteiger partial charge in [-0.2, -0.15) is 84.9 Å². The molecule has 0 aliphatic carbocycles. The standard InChI is InChI=1S/C16H34S7/c1-5-20-9-16(10-21-6-13(2)17,11-22-7-14(3)18)12-23-8-15(4)19/h13-15,17-19H,5-12H2,1-4H3. The lowest BCUT2D eigenvalue weighted by Crippen LogP contribution is -2.34. The summed E-state index contributed by atoms with van der Waals surface area (Å²) in [6.45, 7) is 8.83. The van der Waals surface area contributed by atoms with Gasteiger partial charge < -0.3 is 0 Å². The maximum absolute atomic E-state index is 4.54. The summed E-state index contributed by atoms with van der Waals surface area (Å²) >= 11 is 21.9. The maximum Gasteiger partial charge on any atom is 0.00791 e. The van der Waals surface area contributed by atoms with Crippen LogP contribution in [0.1, 0.15) is 27.7 Å². The van der Waals surface area contributed by atoms with Gasteiger partial charge in [-0.15, -0.1) is 0 Å². The van der Waals surface area contributed by atoms with Crippen LogP contribution in [-0.2, 0) is 0 Å². The average Bonchev–Trinajstić information content (AvgIpc) is 2.43. The summed E-state index contributed by atoms with van der Waals surface area (Å²) in [7, 11) is 0. The van der Waals surface area contributed by atoms with Crippen LogP contribution < -0.4 is 0 Å². The summed E-state index contributed by atoms with van der Waals surface area (Å²) in [6, 6.07) is 0. The fraction of sp³-hybridized carbons (Fsp3) is 1.00. The minimum absolute atomic E-state index is 0.411. The van der Waals surface area contributed by atoms with E-state index < -0.39 is 0 Å². The molecule has 3 unspecified atom stereocenters. The molecule has 3 atom stereocenters. The highest BCUT2D eigenvalue weighted by Crippen LogP contribution is 2.36. The highest BCUT2D eigenvalue weighted by Gasteiger charge is 2.30. The van der Waals surface area contributed by atoms with Gasteiger partial charge in [-0.1, -0.05) is 27.7 Å². The van der Waals surface area contributed by atoms with Crippen molar-refractivity contribution < 1.29 is 0 Å². The van der Waals surface area contributed by atoms with Crippen molar-refractivity contribution in [2.45, 2.75) is 43.4 Å². The number of rotatable bonds is 15. The second-order valence-corrected chi connectivity index (χ2v) is 13.2. The molecule has 0 aliphatic heterocycles. The van der Waals surface area contributed by atoms with Crippen LogP contribution in [0.4, 0.5) is 0 Å². The van der Waals surface area contributed by atoms with E-state index in [4.69, 9.17) is 0 Å². The van der Waals surface area contributed by atoms with E-state index in [0.717, 1.165) is 17.3 Å². The predicted octanol–water partition coefficient (Wildman–Crippen LogP) is 5.88. The molecule has 0 fully saturated rings. The van der Waals surface area contributed by atoms with Crippen molar-refractivity contribution in [3.8, 4) is 0 Å². The molecular formula is C16H34S7. The van der Waals surface area contributed by atoms with Crippen molar-refractivity contribution in [1.82, 2.24) is 0 Å². The summed E-state index contributed by atoms with van der Waals surface area (Å²) < 4.78 is 0. The monoisotopic (exact) mass is 450 g/mol. The molecule has 0 aromatic rings. The van der Waals surface area contributed by atoms with Gasteiger partial charge in [0.2, 0.25) is 0 Å². The van der Waals surface area contributed by atoms with Crippen LogP contribution in [0, 0.1) is 5.41 Å². The SMILES string of the molecule is CCSCC(CSCC(C)S)(CSCC(C)S)CSCC(C)S. The molecule has 23 heavy (non-hydrogen) atoms. The molecule has 0 amide bonds. The van der Waals surface area contributed by atoms with Crippen molar-refractivity contribution >= 4 is 84.9 Å². The summed E-state index contributed by atoms with van der Waals surface area (Å²) in [5, 5.41) is 1.44. The summed E-state index contributed by atoms with van der Waals surface area (Å²) in [5.41, 5.74) is 0.411. The lowest BCUT2D eigenvalue weighted by atomic mass is 9.99. The number of thiol groups is 3. The van der Waals surface area contributed by atoms with E-state index >= 15 is 0 Å². The van der Waals surface area contributed by atoms with Gasteiger partial charge in [0, 0.05) is 61.4 Å². The molecule has 0 aliphatic rings. The van der Waals surface area contributed by atoms with Gasteiger partial charge in [0.1, 0.15) is 0 Å². The van der Waals surface area contributed by atoms with E-state index in [1.54, 1.807) is 0 Å². The summed E-state index contributed by atoms with van der Waals surface area (Å²) in [6.07, 6.45) is 0. The molecule has 0 nitrogen and oxygen atoms in total. The topological polar surface area (TPSA) is 0 Å². The Morgan fingerprint density at radius 3 is 1.22 bits per heavy atom. The molecule has 0 radical (unpaired) electrons. The van der Waals surface area contributed by atoms with Crippen molar-refractivity contribution in [1.29, 1.82) is 0 Å². The zero-order valence-corrected chi connectivity index (χ0v) is 20.8.